The second-order valence-corrected chi connectivity index (χ2v) is 5.15. The van der Waals surface area contributed by atoms with E-state index in [9.17, 15) is 0 Å². The summed E-state index contributed by atoms with van der Waals surface area (Å²) in [4.78, 5) is 16.4. The van der Waals surface area contributed by atoms with E-state index in [-0.39, 0.29) is 0 Å². The van der Waals surface area contributed by atoms with Crippen molar-refractivity contribution in [1.29, 1.82) is 0 Å². The average Bonchev–Trinajstić information content (AvgIpc) is 3.06. The first-order chi connectivity index (χ1) is 11.3. The van der Waals surface area contributed by atoms with Crippen molar-refractivity contribution in [3.05, 3.63) is 30.6 Å². The van der Waals surface area contributed by atoms with Gasteiger partial charge >= 0.3 is 0 Å². The summed E-state index contributed by atoms with van der Waals surface area (Å²) in [7, 11) is 1.65. The van der Waals surface area contributed by atoms with Crippen LogP contribution in [0.2, 0.25) is 0 Å². The van der Waals surface area contributed by atoms with Crippen LogP contribution in [0.4, 0.5) is 5.95 Å². The van der Waals surface area contributed by atoms with Crippen LogP contribution < -0.4 is 15.8 Å². The minimum atomic E-state index is 0.576. The number of H-pyrrole nitrogens is 1. The van der Waals surface area contributed by atoms with Gasteiger partial charge < -0.3 is 20.8 Å². The maximum Gasteiger partial charge on any atom is 0.225 e. The predicted molar refractivity (Wildman–Crippen MR) is 90.4 cm³/mol. The molecule has 3 aromatic rings. The van der Waals surface area contributed by atoms with Gasteiger partial charge in [0.1, 0.15) is 17.0 Å². The maximum atomic E-state index is 5.51. The van der Waals surface area contributed by atoms with E-state index >= 15 is 0 Å². The lowest BCUT2D eigenvalue weighted by atomic mass is 10.1. The Morgan fingerprint density at radius 1 is 1.17 bits per heavy atom. The van der Waals surface area contributed by atoms with Gasteiger partial charge in [-0.15, -0.1) is 0 Å². The van der Waals surface area contributed by atoms with Crippen molar-refractivity contribution in [2.45, 2.75) is 12.8 Å². The Bertz CT molecular complexity index is 768. The molecule has 0 unspecified atom stereocenters. The van der Waals surface area contributed by atoms with Gasteiger partial charge in [-0.1, -0.05) is 0 Å². The highest BCUT2D eigenvalue weighted by molar-refractivity contribution is 5.88. The summed E-state index contributed by atoms with van der Waals surface area (Å²) >= 11 is 0. The smallest absolute Gasteiger partial charge is 0.225 e. The van der Waals surface area contributed by atoms with Gasteiger partial charge in [0.2, 0.25) is 5.95 Å². The predicted octanol–water partition coefficient (Wildman–Crippen LogP) is 2.18. The third-order valence-corrected chi connectivity index (χ3v) is 3.56. The molecule has 2 heterocycles. The van der Waals surface area contributed by atoms with Crippen LogP contribution >= 0.6 is 0 Å². The van der Waals surface area contributed by atoms with E-state index in [1.165, 1.54) is 0 Å². The SMILES string of the molecule is COc1ccc(-c2nc(NCCCCN)nc3nc[nH]c23)cc1. The highest BCUT2D eigenvalue weighted by Crippen LogP contribution is 2.26. The van der Waals surface area contributed by atoms with E-state index in [1.54, 1.807) is 13.4 Å². The maximum absolute atomic E-state index is 5.51. The number of nitrogens with two attached hydrogens (primary N) is 1. The first-order valence-corrected chi connectivity index (χ1v) is 7.61. The number of aromatic nitrogens is 4. The molecule has 0 radical (unpaired) electrons. The van der Waals surface area contributed by atoms with Crippen LogP contribution in [0.5, 0.6) is 5.75 Å². The molecule has 0 fully saturated rings. The normalized spacial score (nSPS) is 10.9. The largest absolute Gasteiger partial charge is 0.497 e. The molecular weight excluding hydrogens is 292 g/mol. The summed E-state index contributed by atoms with van der Waals surface area (Å²) in [5, 5.41) is 3.24. The van der Waals surface area contributed by atoms with E-state index in [4.69, 9.17) is 10.5 Å². The number of ether oxygens (including phenoxy) is 1. The number of unbranched alkanes of at least 4 members (excludes halogenated alkanes) is 1. The summed E-state index contributed by atoms with van der Waals surface area (Å²) in [5.74, 6) is 1.39. The number of rotatable bonds is 7. The Labute approximate surface area is 134 Å². The molecule has 0 aliphatic carbocycles. The lowest BCUT2D eigenvalue weighted by Gasteiger charge is -2.08. The number of fused-ring (bicyclic) bond motifs is 1. The van der Waals surface area contributed by atoms with Crippen LogP contribution in [0.25, 0.3) is 22.4 Å². The van der Waals surface area contributed by atoms with Gasteiger partial charge in [0.15, 0.2) is 5.65 Å². The van der Waals surface area contributed by atoms with Crippen molar-refractivity contribution >= 4 is 17.1 Å². The van der Waals surface area contributed by atoms with Crippen LogP contribution in [0.15, 0.2) is 30.6 Å². The molecule has 0 saturated heterocycles. The second-order valence-electron chi connectivity index (χ2n) is 5.15. The van der Waals surface area contributed by atoms with Crippen LogP contribution in [-0.4, -0.2) is 40.1 Å². The van der Waals surface area contributed by atoms with Gasteiger partial charge in [0, 0.05) is 12.1 Å². The molecule has 0 spiro atoms. The fraction of sp³-hybridized carbons (Fsp3) is 0.312. The fourth-order valence-electron chi connectivity index (χ4n) is 2.34. The molecule has 0 aliphatic heterocycles. The number of imidazole rings is 1. The van der Waals surface area contributed by atoms with Crippen LogP contribution in [0, 0.1) is 0 Å². The Hall–Kier alpha value is -2.67. The number of aromatic amines is 1. The monoisotopic (exact) mass is 312 g/mol. The third-order valence-electron chi connectivity index (χ3n) is 3.56. The molecule has 2 aromatic heterocycles. The Kier molecular flexibility index (Phi) is 4.68. The molecule has 0 amide bonds. The molecule has 4 N–H and O–H groups in total. The first-order valence-electron chi connectivity index (χ1n) is 7.61. The zero-order valence-corrected chi connectivity index (χ0v) is 13.0. The number of benzene rings is 1. The number of hydrogen-bond acceptors (Lipinski definition) is 6. The highest BCUT2D eigenvalue weighted by atomic mass is 16.5. The number of nitrogens with one attached hydrogen (secondary N) is 2. The van der Waals surface area contributed by atoms with Crippen molar-refractivity contribution in [3.63, 3.8) is 0 Å². The number of methoxy groups -OCH3 is 1. The van der Waals surface area contributed by atoms with Crippen LogP contribution in [0.1, 0.15) is 12.8 Å². The molecule has 23 heavy (non-hydrogen) atoms. The van der Waals surface area contributed by atoms with E-state index in [1.807, 2.05) is 24.3 Å². The third kappa shape index (κ3) is 3.40. The van der Waals surface area contributed by atoms with Crippen LogP contribution in [-0.2, 0) is 0 Å². The zero-order chi connectivity index (χ0) is 16.1. The Balaban J connectivity index is 1.92. The van der Waals surface area contributed by atoms with Gasteiger partial charge in [0.25, 0.3) is 0 Å². The number of nitrogens with zero attached hydrogens (tertiary/aromatic N) is 3. The molecule has 7 heteroatoms. The summed E-state index contributed by atoms with van der Waals surface area (Å²) < 4.78 is 5.20. The summed E-state index contributed by atoms with van der Waals surface area (Å²) in [6.45, 7) is 1.48. The van der Waals surface area contributed by atoms with E-state index in [0.29, 0.717) is 18.1 Å². The molecule has 120 valence electrons. The molecule has 0 bridgehead atoms. The first kappa shape index (κ1) is 15.2. The van der Waals surface area contributed by atoms with E-state index < -0.39 is 0 Å². The Morgan fingerprint density at radius 2 is 2.00 bits per heavy atom. The second kappa shape index (κ2) is 7.06. The topological polar surface area (TPSA) is 102 Å². The van der Waals surface area contributed by atoms with Crippen molar-refractivity contribution in [2.24, 2.45) is 5.73 Å². The van der Waals surface area contributed by atoms with Gasteiger partial charge in [0.05, 0.1) is 13.4 Å². The van der Waals surface area contributed by atoms with Gasteiger partial charge in [-0.2, -0.15) is 4.98 Å². The molecule has 3 rings (SSSR count). The van der Waals surface area contributed by atoms with Crippen molar-refractivity contribution in [2.75, 3.05) is 25.5 Å². The Morgan fingerprint density at radius 3 is 2.74 bits per heavy atom. The molecule has 0 aliphatic rings. The van der Waals surface area contributed by atoms with Gasteiger partial charge in [-0.3, -0.25) is 0 Å². The zero-order valence-electron chi connectivity index (χ0n) is 13.0. The fourth-order valence-corrected chi connectivity index (χ4v) is 2.34. The van der Waals surface area contributed by atoms with Crippen molar-refractivity contribution < 1.29 is 4.74 Å². The molecule has 7 nitrogen and oxygen atoms in total. The highest BCUT2D eigenvalue weighted by Gasteiger charge is 2.11. The molecule has 0 atom stereocenters. The summed E-state index contributed by atoms with van der Waals surface area (Å²) in [6.07, 6.45) is 3.59. The summed E-state index contributed by atoms with van der Waals surface area (Å²) in [5.41, 5.74) is 8.77. The number of hydrogen-bond donors (Lipinski definition) is 3. The summed E-state index contributed by atoms with van der Waals surface area (Å²) in [6, 6.07) is 7.77. The lowest BCUT2D eigenvalue weighted by molar-refractivity contribution is 0.415. The van der Waals surface area contributed by atoms with Crippen LogP contribution in [0.3, 0.4) is 0 Å². The quantitative estimate of drug-likeness (QED) is 0.578. The van der Waals surface area contributed by atoms with Gasteiger partial charge in [-0.25, -0.2) is 9.97 Å². The van der Waals surface area contributed by atoms with E-state index in [2.05, 4.69) is 25.3 Å². The lowest BCUT2D eigenvalue weighted by Crippen LogP contribution is -2.08. The van der Waals surface area contributed by atoms with Crippen molar-refractivity contribution in [3.8, 4) is 17.0 Å². The van der Waals surface area contributed by atoms with Gasteiger partial charge in [-0.05, 0) is 43.7 Å². The minimum Gasteiger partial charge on any atom is -0.497 e. The number of anilines is 1. The van der Waals surface area contributed by atoms with Crippen molar-refractivity contribution in [1.82, 2.24) is 19.9 Å². The standard InChI is InChI=1S/C16H20N6O/c1-23-12-6-4-11(5-7-12)13-14-15(20-10-19-14)22-16(21-13)18-9-3-2-8-17/h4-7,10H,2-3,8-9,17H2,1H3,(H2,18,19,20,21,22). The average molecular weight is 312 g/mol. The molecule has 0 saturated carbocycles. The minimum absolute atomic E-state index is 0.576. The van der Waals surface area contributed by atoms with E-state index in [0.717, 1.165) is 41.9 Å². The molecule has 1 aromatic carbocycles. The molecular formula is C16H20N6O.